The maximum atomic E-state index is 14.5. The number of para-hydroxylation sites is 1. The number of amides is 2. The predicted octanol–water partition coefficient (Wildman–Crippen LogP) is 3.84. The van der Waals surface area contributed by atoms with Gasteiger partial charge in [-0.1, -0.05) is 17.0 Å². The molecule has 0 saturated carbocycles. The lowest BCUT2D eigenvalue weighted by Gasteiger charge is -2.38. The minimum Gasteiger partial charge on any atom is -0.468 e. The van der Waals surface area contributed by atoms with Crippen molar-refractivity contribution < 1.29 is 46.3 Å². The van der Waals surface area contributed by atoms with Crippen LogP contribution < -0.4 is 4.84 Å². The normalized spacial score (nSPS) is 16.8. The summed E-state index contributed by atoms with van der Waals surface area (Å²) in [5, 5.41) is 7.66. The second-order valence-corrected chi connectivity index (χ2v) is 10.8. The summed E-state index contributed by atoms with van der Waals surface area (Å²) in [4.78, 5) is 65.3. The van der Waals surface area contributed by atoms with Crippen molar-refractivity contribution >= 4 is 56.3 Å². The molecule has 16 heteroatoms. The van der Waals surface area contributed by atoms with Gasteiger partial charge >= 0.3 is 18.1 Å². The predicted molar refractivity (Wildman–Crippen MR) is 143 cm³/mol. The Morgan fingerprint density at radius 1 is 1.02 bits per heavy atom. The molecular weight excluding hydrogens is 610 g/mol. The number of aromatic nitrogens is 4. The van der Waals surface area contributed by atoms with Gasteiger partial charge in [0.25, 0.3) is 11.8 Å². The zero-order valence-electron chi connectivity index (χ0n) is 22.3. The number of methoxy groups -OCH3 is 1. The number of thiazole rings is 1. The number of rotatable bonds is 6. The summed E-state index contributed by atoms with van der Waals surface area (Å²) in [5.41, 5.74) is -3.59. The molecule has 6 rings (SSSR count). The smallest absolute Gasteiger partial charge is 0.416 e. The van der Waals surface area contributed by atoms with Crippen LogP contribution in [0.3, 0.4) is 0 Å². The molecule has 44 heavy (non-hydrogen) atoms. The first-order valence-corrected chi connectivity index (χ1v) is 13.5. The van der Waals surface area contributed by atoms with Crippen LogP contribution in [0.15, 0.2) is 60.7 Å². The number of alkyl halides is 3. The van der Waals surface area contributed by atoms with E-state index in [-0.39, 0.29) is 21.6 Å². The monoisotopic (exact) mass is 627 g/mol. The van der Waals surface area contributed by atoms with Crippen molar-refractivity contribution in [1.29, 1.82) is 0 Å². The van der Waals surface area contributed by atoms with E-state index in [9.17, 15) is 36.7 Å². The summed E-state index contributed by atoms with van der Waals surface area (Å²) < 4.78 is 59.5. The third-order valence-corrected chi connectivity index (χ3v) is 8.05. The molecule has 1 aliphatic rings. The lowest BCUT2D eigenvalue weighted by molar-refractivity contribution is -0.163. The Kier molecular flexibility index (Phi) is 6.87. The first-order chi connectivity index (χ1) is 20.9. The lowest BCUT2D eigenvalue weighted by Crippen LogP contribution is -2.59. The summed E-state index contributed by atoms with van der Waals surface area (Å²) >= 11 is 0.919. The Balaban J connectivity index is 1.41. The molecule has 3 heterocycles. The number of hydrogen-bond donors (Lipinski definition) is 0. The van der Waals surface area contributed by atoms with Gasteiger partial charge in [-0.25, -0.2) is 14.2 Å². The Bertz CT molecular complexity index is 2010. The van der Waals surface area contributed by atoms with Crippen LogP contribution in [0.4, 0.5) is 17.6 Å². The first kappa shape index (κ1) is 28.9. The second kappa shape index (κ2) is 10.5. The Labute approximate surface area is 247 Å². The molecule has 0 aliphatic carbocycles. The van der Waals surface area contributed by atoms with Crippen LogP contribution >= 0.6 is 11.3 Å². The Morgan fingerprint density at radius 2 is 1.80 bits per heavy atom. The first-order valence-electron chi connectivity index (χ1n) is 12.7. The number of carbonyl (C=O) groups is 4. The fraction of sp³-hybridized carbons (Fsp3) is 0.179. The van der Waals surface area contributed by atoms with E-state index in [4.69, 9.17) is 9.57 Å². The standard InChI is InChI=1S/C28H17F4N5O6S/c1-42-26(41)27(12-23(38)43-37-20-5-3-2-4-18(20)34-35-37)17-11-15(29)7-8-16(17)24(39)36(25(27)40)13-22-33-19-10-14(28(30,31)32)6-9-21(19)44-22/h2-11H,12-13H2,1H3. The van der Waals surface area contributed by atoms with Crippen molar-refractivity contribution in [2.45, 2.75) is 24.6 Å². The molecule has 0 saturated heterocycles. The van der Waals surface area contributed by atoms with Crippen LogP contribution in [0, 0.1) is 5.82 Å². The van der Waals surface area contributed by atoms with Gasteiger partial charge in [0.1, 0.15) is 21.9 Å². The van der Waals surface area contributed by atoms with E-state index < -0.39 is 65.3 Å². The van der Waals surface area contributed by atoms with Crippen LogP contribution in [0.5, 0.6) is 0 Å². The van der Waals surface area contributed by atoms with Crippen LogP contribution in [-0.4, -0.2) is 55.9 Å². The summed E-state index contributed by atoms with van der Waals surface area (Å²) in [6.45, 7) is -0.573. The number of hydrogen-bond acceptors (Lipinski definition) is 10. The van der Waals surface area contributed by atoms with Gasteiger partial charge in [-0.15, -0.1) is 16.4 Å². The molecule has 1 atom stereocenters. The van der Waals surface area contributed by atoms with Gasteiger partial charge in [-0.2, -0.15) is 13.2 Å². The highest BCUT2D eigenvalue weighted by molar-refractivity contribution is 7.18. The molecule has 11 nitrogen and oxygen atoms in total. The van der Waals surface area contributed by atoms with Gasteiger partial charge in [0.2, 0.25) is 0 Å². The molecule has 2 aromatic heterocycles. The van der Waals surface area contributed by atoms with E-state index in [0.717, 1.165) is 53.6 Å². The molecule has 3 aromatic carbocycles. The molecule has 2 amide bonds. The summed E-state index contributed by atoms with van der Waals surface area (Å²) in [5.74, 6) is -5.57. The number of nitrogens with zero attached hydrogens (tertiary/aromatic N) is 5. The Morgan fingerprint density at radius 3 is 2.55 bits per heavy atom. The Hall–Kier alpha value is -5.25. The van der Waals surface area contributed by atoms with E-state index in [1.807, 2.05) is 0 Å². The van der Waals surface area contributed by atoms with Crippen molar-refractivity contribution in [3.63, 3.8) is 0 Å². The van der Waals surface area contributed by atoms with E-state index >= 15 is 0 Å². The van der Waals surface area contributed by atoms with Crippen LogP contribution in [-0.2, 0) is 37.3 Å². The SMILES string of the molecule is COC(=O)C1(CC(=O)On2nnc3ccccc32)C(=O)N(Cc2nc3cc(C(F)(F)F)ccc3s2)C(=O)c2ccc(F)cc21. The van der Waals surface area contributed by atoms with Crippen molar-refractivity contribution in [2.24, 2.45) is 0 Å². The number of esters is 1. The maximum absolute atomic E-state index is 14.5. The highest BCUT2D eigenvalue weighted by atomic mass is 32.1. The molecular formula is C28H17F4N5O6S. The number of halogens is 4. The maximum Gasteiger partial charge on any atom is 0.416 e. The van der Waals surface area contributed by atoms with Gasteiger partial charge in [0.15, 0.2) is 5.41 Å². The highest BCUT2D eigenvalue weighted by Gasteiger charge is 2.59. The molecule has 1 aliphatic heterocycles. The molecule has 0 fully saturated rings. The molecule has 0 spiro atoms. The molecule has 0 N–H and O–H groups in total. The second-order valence-electron chi connectivity index (χ2n) is 9.66. The topological polar surface area (TPSA) is 134 Å². The van der Waals surface area contributed by atoms with Crippen molar-refractivity contribution in [1.82, 2.24) is 25.0 Å². The van der Waals surface area contributed by atoms with E-state index in [0.29, 0.717) is 15.1 Å². The zero-order chi connectivity index (χ0) is 31.4. The highest BCUT2D eigenvalue weighted by Crippen LogP contribution is 2.41. The lowest BCUT2D eigenvalue weighted by atomic mass is 9.71. The van der Waals surface area contributed by atoms with Gasteiger partial charge in [0, 0.05) is 5.56 Å². The number of ether oxygens (including phenoxy) is 1. The zero-order valence-corrected chi connectivity index (χ0v) is 23.1. The number of imide groups is 1. The number of fused-ring (bicyclic) bond motifs is 3. The van der Waals surface area contributed by atoms with Crippen molar-refractivity contribution in [3.05, 3.63) is 88.2 Å². The summed E-state index contributed by atoms with van der Waals surface area (Å²) in [6.07, 6.45) is -5.66. The van der Waals surface area contributed by atoms with Crippen molar-refractivity contribution in [3.8, 4) is 0 Å². The average molecular weight is 628 g/mol. The van der Waals surface area contributed by atoms with E-state index in [1.54, 1.807) is 24.3 Å². The van der Waals surface area contributed by atoms with Crippen LogP contribution in [0.2, 0.25) is 0 Å². The number of benzene rings is 3. The molecule has 0 bridgehead atoms. The fourth-order valence-corrected chi connectivity index (χ4v) is 5.95. The fourth-order valence-electron chi connectivity index (χ4n) is 5.01. The minimum absolute atomic E-state index is 0.0259. The van der Waals surface area contributed by atoms with Gasteiger partial charge < -0.3 is 9.57 Å². The van der Waals surface area contributed by atoms with Gasteiger partial charge in [-0.3, -0.25) is 19.3 Å². The average Bonchev–Trinajstić information content (AvgIpc) is 3.59. The molecule has 1 unspecified atom stereocenters. The molecule has 5 aromatic rings. The summed E-state index contributed by atoms with van der Waals surface area (Å²) in [7, 11) is 0.944. The van der Waals surface area contributed by atoms with E-state index in [2.05, 4.69) is 15.3 Å². The van der Waals surface area contributed by atoms with Crippen LogP contribution in [0.1, 0.15) is 32.9 Å². The summed E-state index contributed by atoms with van der Waals surface area (Å²) in [6, 6.07) is 12.1. The minimum atomic E-state index is -4.62. The third-order valence-electron chi connectivity index (χ3n) is 7.03. The quantitative estimate of drug-likeness (QED) is 0.0905. The van der Waals surface area contributed by atoms with Gasteiger partial charge in [-0.05, 0) is 59.3 Å². The third kappa shape index (κ3) is 4.72. The number of carbonyl (C=O) groups excluding carboxylic acids is 4. The van der Waals surface area contributed by atoms with Crippen LogP contribution in [0.25, 0.3) is 21.3 Å². The largest absolute Gasteiger partial charge is 0.468 e. The molecule has 0 radical (unpaired) electrons. The van der Waals surface area contributed by atoms with Crippen molar-refractivity contribution in [2.75, 3.05) is 7.11 Å². The van der Waals surface area contributed by atoms with E-state index in [1.165, 1.54) is 6.07 Å². The van der Waals surface area contributed by atoms with Gasteiger partial charge in [0.05, 0.1) is 35.9 Å². The molecule has 224 valence electrons.